The van der Waals surface area contributed by atoms with Gasteiger partial charge in [0.05, 0.1) is 30.9 Å². The summed E-state index contributed by atoms with van der Waals surface area (Å²) >= 11 is 1.27. The molecular formula is C24H29N3O6S2. The van der Waals surface area contributed by atoms with Gasteiger partial charge in [0.2, 0.25) is 5.75 Å². The second-order valence-electron chi connectivity index (χ2n) is 7.96. The van der Waals surface area contributed by atoms with Crippen molar-refractivity contribution < 1.29 is 27.4 Å². The molecule has 0 saturated heterocycles. The second kappa shape index (κ2) is 11.1. The van der Waals surface area contributed by atoms with Crippen LogP contribution in [0.25, 0.3) is 16.3 Å². The molecule has 3 aromatic rings. The van der Waals surface area contributed by atoms with Gasteiger partial charge < -0.3 is 19.1 Å². The monoisotopic (exact) mass is 519 g/mol. The lowest BCUT2D eigenvalue weighted by Crippen LogP contribution is -2.35. The van der Waals surface area contributed by atoms with E-state index in [4.69, 9.17) is 14.2 Å². The largest absolute Gasteiger partial charge is 0.493 e. The number of amides is 1. The van der Waals surface area contributed by atoms with Crippen molar-refractivity contribution in [2.75, 3.05) is 59.7 Å². The third kappa shape index (κ3) is 6.11. The topological polar surface area (TPSA) is 98.3 Å². The van der Waals surface area contributed by atoms with E-state index in [1.54, 1.807) is 35.2 Å². The molecule has 0 aliphatic carbocycles. The summed E-state index contributed by atoms with van der Waals surface area (Å²) in [6.45, 7) is 0.970. The van der Waals surface area contributed by atoms with Gasteiger partial charge >= 0.3 is 0 Å². The number of anilines is 1. The number of benzene rings is 2. The zero-order valence-corrected chi connectivity index (χ0v) is 22.2. The van der Waals surface area contributed by atoms with Crippen LogP contribution in [-0.4, -0.2) is 79.0 Å². The first-order valence-corrected chi connectivity index (χ1v) is 13.3. The molecule has 0 N–H and O–H groups in total. The minimum atomic E-state index is -3.47. The van der Waals surface area contributed by atoms with Gasteiger partial charge in [-0.15, -0.1) is 0 Å². The third-order valence-corrected chi connectivity index (χ3v) is 7.32. The van der Waals surface area contributed by atoms with Crippen molar-refractivity contribution in [1.29, 1.82) is 0 Å². The molecule has 0 spiro atoms. The Morgan fingerprint density at radius 2 is 1.71 bits per heavy atom. The quantitative estimate of drug-likeness (QED) is 0.376. The number of carbonyl (C=O) groups excluding carboxylic acids is 1. The SMILES string of the molecule is COc1cc(/C=C/C(=O)N(CCN(C)C)c2nc3c(S(C)(=O)=O)cccc3s2)cc(OC)c1OC. The molecule has 0 saturated carbocycles. The van der Waals surface area contributed by atoms with Crippen molar-refractivity contribution in [1.82, 2.24) is 9.88 Å². The highest BCUT2D eigenvalue weighted by Gasteiger charge is 2.21. The minimum absolute atomic E-state index is 0.144. The summed E-state index contributed by atoms with van der Waals surface area (Å²) in [6, 6.07) is 8.48. The Kier molecular flexibility index (Phi) is 8.36. The van der Waals surface area contributed by atoms with E-state index in [0.29, 0.717) is 51.2 Å². The average Bonchev–Trinajstić information content (AvgIpc) is 3.24. The van der Waals surface area contributed by atoms with Crippen LogP contribution in [0.5, 0.6) is 17.2 Å². The Morgan fingerprint density at radius 3 is 2.26 bits per heavy atom. The van der Waals surface area contributed by atoms with Gasteiger partial charge in [-0.25, -0.2) is 13.4 Å². The van der Waals surface area contributed by atoms with Gasteiger partial charge in [0, 0.05) is 25.4 Å². The Hall–Kier alpha value is -3.15. The van der Waals surface area contributed by atoms with E-state index in [1.807, 2.05) is 19.0 Å². The van der Waals surface area contributed by atoms with Gasteiger partial charge in [-0.2, -0.15) is 0 Å². The fourth-order valence-electron chi connectivity index (χ4n) is 3.38. The molecular weight excluding hydrogens is 490 g/mol. The molecule has 0 fully saturated rings. The van der Waals surface area contributed by atoms with E-state index in [0.717, 1.165) is 6.26 Å². The summed E-state index contributed by atoms with van der Waals surface area (Å²) in [5, 5.41) is 0.428. The van der Waals surface area contributed by atoms with Crippen LogP contribution in [0.4, 0.5) is 5.13 Å². The smallest absolute Gasteiger partial charge is 0.252 e. The standard InChI is InChI=1S/C24H29N3O6S2/c1-26(2)12-13-27(24-25-22-19(34-24)8-7-9-20(22)35(6,29)30)21(28)11-10-16-14-17(31-3)23(33-5)18(15-16)32-4/h7-11,14-15H,12-13H2,1-6H3/b11-10+. The number of likely N-dealkylation sites (N-methyl/N-ethyl adjacent to an activating group) is 1. The predicted octanol–water partition coefficient (Wildman–Crippen LogP) is 3.33. The maximum Gasteiger partial charge on any atom is 0.252 e. The molecule has 9 nitrogen and oxygen atoms in total. The van der Waals surface area contributed by atoms with E-state index in [2.05, 4.69) is 4.98 Å². The summed E-state index contributed by atoms with van der Waals surface area (Å²) in [6.07, 6.45) is 4.25. The van der Waals surface area contributed by atoms with Gasteiger partial charge in [-0.1, -0.05) is 17.4 Å². The van der Waals surface area contributed by atoms with Crippen LogP contribution in [0, 0.1) is 0 Å². The second-order valence-corrected chi connectivity index (χ2v) is 10.9. The van der Waals surface area contributed by atoms with Crippen LogP contribution in [0.15, 0.2) is 41.3 Å². The fraction of sp³-hybridized carbons (Fsp3) is 0.333. The number of carbonyl (C=O) groups is 1. The molecule has 2 aromatic carbocycles. The molecule has 3 rings (SSSR count). The zero-order chi connectivity index (χ0) is 25.8. The number of hydrogen-bond acceptors (Lipinski definition) is 9. The van der Waals surface area contributed by atoms with Crippen molar-refractivity contribution in [2.45, 2.75) is 4.90 Å². The minimum Gasteiger partial charge on any atom is -0.493 e. The number of fused-ring (bicyclic) bond motifs is 1. The van der Waals surface area contributed by atoms with E-state index in [1.165, 1.54) is 44.8 Å². The Balaban J connectivity index is 2.00. The number of hydrogen-bond donors (Lipinski definition) is 0. The molecule has 11 heteroatoms. The van der Waals surface area contributed by atoms with E-state index in [9.17, 15) is 13.2 Å². The summed E-state index contributed by atoms with van der Waals surface area (Å²) in [7, 11) is 4.93. The maximum atomic E-state index is 13.3. The average molecular weight is 520 g/mol. The van der Waals surface area contributed by atoms with E-state index < -0.39 is 9.84 Å². The lowest BCUT2D eigenvalue weighted by Gasteiger charge is -2.20. The number of thiazole rings is 1. The number of aromatic nitrogens is 1. The Bertz CT molecular complexity index is 1320. The molecule has 1 amide bonds. The number of para-hydroxylation sites is 1. The molecule has 0 unspecified atom stereocenters. The van der Waals surface area contributed by atoms with Crippen LogP contribution in [-0.2, 0) is 14.6 Å². The van der Waals surface area contributed by atoms with Crippen LogP contribution < -0.4 is 19.1 Å². The van der Waals surface area contributed by atoms with Crippen molar-refractivity contribution >= 4 is 48.5 Å². The highest BCUT2D eigenvalue weighted by atomic mass is 32.2. The summed E-state index contributed by atoms with van der Waals surface area (Å²) < 4.78 is 41.3. The molecule has 0 bridgehead atoms. The molecule has 1 aromatic heterocycles. The molecule has 35 heavy (non-hydrogen) atoms. The van der Waals surface area contributed by atoms with Crippen LogP contribution in [0.3, 0.4) is 0 Å². The molecule has 0 radical (unpaired) electrons. The van der Waals surface area contributed by atoms with Gasteiger partial charge in [0.25, 0.3) is 5.91 Å². The van der Waals surface area contributed by atoms with Crippen LogP contribution in [0.1, 0.15) is 5.56 Å². The van der Waals surface area contributed by atoms with Gasteiger partial charge in [-0.3, -0.25) is 9.69 Å². The van der Waals surface area contributed by atoms with Crippen molar-refractivity contribution in [3.63, 3.8) is 0 Å². The van der Waals surface area contributed by atoms with Crippen molar-refractivity contribution in [2.24, 2.45) is 0 Å². The number of sulfone groups is 1. The first kappa shape index (κ1) is 26.5. The normalized spacial score (nSPS) is 11.9. The number of ether oxygens (including phenoxy) is 3. The van der Waals surface area contributed by atoms with Crippen molar-refractivity contribution in [3.05, 3.63) is 42.0 Å². The highest BCUT2D eigenvalue weighted by molar-refractivity contribution is 7.91. The van der Waals surface area contributed by atoms with Gasteiger partial charge in [-0.05, 0) is 50.0 Å². The fourth-order valence-corrected chi connectivity index (χ4v) is 5.30. The van der Waals surface area contributed by atoms with Crippen LogP contribution in [0.2, 0.25) is 0 Å². The van der Waals surface area contributed by atoms with E-state index >= 15 is 0 Å². The Labute approximate surface area is 209 Å². The first-order chi connectivity index (χ1) is 16.6. The number of nitrogens with zero attached hydrogens (tertiary/aromatic N) is 3. The molecule has 0 aliphatic heterocycles. The third-order valence-electron chi connectivity index (χ3n) is 5.14. The Morgan fingerprint density at radius 1 is 1.06 bits per heavy atom. The summed E-state index contributed by atoms with van der Waals surface area (Å²) in [5.74, 6) is 1.12. The molecule has 0 atom stereocenters. The molecule has 0 aliphatic rings. The number of methoxy groups -OCH3 is 3. The predicted molar refractivity (Wildman–Crippen MR) is 139 cm³/mol. The zero-order valence-electron chi connectivity index (χ0n) is 20.6. The highest BCUT2D eigenvalue weighted by Crippen LogP contribution is 2.38. The van der Waals surface area contributed by atoms with E-state index in [-0.39, 0.29) is 10.8 Å². The molecule has 1 heterocycles. The summed E-state index contributed by atoms with van der Waals surface area (Å²) in [5.41, 5.74) is 1.05. The lowest BCUT2D eigenvalue weighted by molar-refractivity contribution is -0.114. The molecule has 188 valence electrons. The maximum absolute atomic E-state index is 13.3. The van der Waals surface area contributed by atoms with Crippen molar-refractivity contribution in [3.8, 4) is 17.2 Å². The first-order valence-electron chi connectivity index (χ1n) is 10.6. The summed E-state index contributed by atoms with van der Waals surface area (Å²) in [4.78, 5) is 21.5. The van der Waals surface area contributed by atoms with Gasteiger partial charge in [0.1, 0.15) is 5.52 Å². The lowest BCUT2D eigenvalue weighted by atomic mass is 10.1. The number of rotatable bonds is 10. The van der Waals surface area contributed by atoms with Gasteiger partial charge in [0.15, 0.2) is 26.5 Å². The van der Waals surface area contributed by atoms with Crippen LogP contribution >= 0.6 is 11.3 Å².